The summed E-state index contributed by atoms with van der Waals surface area (Å²) < 4.78 is 4.46. The Hall–Kier alpha value is -0.950. The van der Waals surface area contributed by atoms with Crippen LogP contribution in [-0.4, -0.2) is 59.4 Å². The molecule has 0 spiro atoms. The molecule has 4 N–H and O–H groups in total. The van der Waals surface area contributed by atoms with Gasteiger partial charge in [0, 0.05) is 11.0 Å². The molecule has 0 unspecified atom stereocenters. The molecular weight excluding hydrogens is 240 g/mol. The van der Waals surface area contributed by atoms with Gasteiger partial charge in [0.05, 0.1) is 26.4 Å². The second kappa shape index (κ2) is 11.2. The topological polar surface area (TPSA) is 107 Å². The Morgan fingerprint density at radius 2 is 1.61 bits per heavy atom. The molecule has 0 bridgehead atoms. The molecular formula is C12H24O6. The summed E-state index contributed by atoms with van der Waals surface area (Å²) in [6.45, 7) is 6.17. The average Bonchev–Trinajstić information content (AvgIpc) is 2.40. The highest BCUT2D eigenvalue weighted by Gasteiger charge is 2.24. The Labute approximate surface area is 108 Å². The van der Waals surface area contributed by atoms with Crippen LogP contribution in [-0.2, 0) is 9.53 Å². The fraction of sp³-hybridized carbons (Fsp3) is 0.750. The van der Waals surface area contributed by atoms with Gasteiger partial charge in [0.15, 0.2) is 0 Å². The summed E-state index contributed by atoms with van der Waals surface area (Å²) in [4.78, 5) is 10.5. The van der Waals surface area contributed by atoms with Crippen molar-refractivity contribution < 1.29 is 30.0 Å². The van der Waals surface area contributed by atoms with Crippen LogP contribution in [0.1, 0.15) is 20.3 Å². The zero-order valence-electron chi connectivity index (χ0n) is 11.1. The summed E-state index contributed by atoms with van der Waals surface area (Å²) in [5.74, 6) is -0.455. The van der Waals surface area contributed by atoms with Crippen LogP contribution in [0.5, 0.6) is 0 Å². The maximum atomic E-state index is 10.5. The lowest BCUT2D eigenvalue weighted by atomic mass is 9.88. The second-order valence-electron chi connectivity index (χ2n) is 3.97. The lowest BCUT2D eigenvalue weighted by Gasteiger charge is -2.24. The van der Waals surface area contributed by atoms with Gasteiger partial charge < -0.3 is 25.2 Å². The number of ether oxygens (including phenoxy) is 1. The number of aliphatic hydroxyl groups excluding tert-OH is 4. The first-order valence-electron chi connectivity index (χ1n) is 5.69. The monoisotopic (exact) mass is 264 g/mol. The maximum absolute atomic E-state index is 10.5. The number of carbonyl (C=O) groups excluding carboxylic acids is 1. The summed E-state index contributed by atoms with van der Waals surface area (Å²) in [6, 6.07) is 0. The number of aliphatic hydroxyl groups is 4. The van der Waals surface area contributed by atoms with Crippen molar-refractivity contribution in [2.45, 2.75) is 20.3 Å². The maximum Gasteiger partial charge on any atom is 0.333 e. The number of hydrogen-bond acceptors (Lipinski definition) is 6. The van der Waals surface area contributed by atoms with Crippen LogP contribution in [0.4, 0.5) is 0 Å². The summed E-state index contributed by atoms with van der Waals surface area (Å²) in [5, 5.41) is 34.2. The van der Waals surface area contributed by atoms with E-state index in [-0.39, 0.29) is 33.0 Å². The Bertz CT molecular complexity index is 217. The third kappa shape index (κ3) is 8.19. The van der Waals surface area contributed by atoms with Gasteiger partial charge in [-0.05, 0) is 13.3 Å². The molecule has 0 aliphatic rings. The first-order valence-corrected chi connectivity index (χ1v) is 5.69. The molecule has 0 aromatic rings. The molecule has 0 aliphatic heterocycles. The molecule has 0 aliphatic carbocycles. The van der Waals surface area contributed by atoms with Crippen LogP contribution >= 0.6 is 0 Å². The van der Waals surface area contributed by atoms with E-state index in [1.165, 1.54) is 0 Å². The van der Waals surface area contributed by atoms with Crippen LogP contribution in [0.15, 0.2) is 12.2 Å². The smallest absolute Gasteiger partial charge is 0.333 e. The van der Waals surface area contributed by atoms with E-state index < -0.39 is 11.4 Å². The minimum atomic E-state index is -0.667. The highest BCUT2D eigenvalue weighted by Crippen LogP contribution is 2.18. The molecule has 108 valence electrons. The summed E-state index contributed by atoms with van der Waals surface area (Å²) in [6.07, 6.45) is 0.594. The van der Waals surface area contributed by atoms with E-state index in [0.29, 0.717) is 12.0 Å². The van der Waals surface area contributed by atoms with Crippen LogP contribution < -0.4 is 0 Å². The molecule has 0 saturated carbocycles. The molecule has 0 atom stereocenters. The molecule has 0 saturated heterocycles. The van der Waals surface area contributed by atoms with E-state index in [1.807, 2.05) is 6.92 Å². The third-order valence-electron chi connectivity index (χ3n) is 2.43. The van der Waals surface area contributed by atoms with Gasteiger partial charge in [0.25, 0.3) is 0 Å². The quantitative estimate of drug-likeness (QED) is 0.363. The molecule has 6 nitrogen and oxygen atoms in total. The highest BCUT2D eigenvalue weighted by atomic mass is 16.5. The van der Waals surface area contributed by atoms with E-state index >= 15 is 0 Å². The molecule has 0 rings (SSSR count). The van der Waals surface area contributed by atoms with Crippen LogP contribution in [0.3, 0.4) is 0 Å². The van der Waals surface area contributed by atoms with Crippen LogP contribution in [0.2, 0.25) is 0 Å². The lowest BCUT2D eigenvalue weighted by molar-refractivity contribution is -0.139. The standard InChI is InChI=1S/C6H10O3.C6H14O3/c1-5(2)6(8)9-4-3-7;1-2-6(3-7,4-8)5-9/h7H,1,3-4H2,2H3;7-9H,2-5H2,1H3. The van der Waals surface area contributed by atoms with Gasteiger partial charge in [0.1, 0.15) is 6.61 Å². The van der Waals surface area contributed by atoms with Crippen molar-refractivity contribution in [2.75, 3.05) is 33.0 Å². The lowest BCUT2D eigenvalue weighted by Crippen LogP contribution is -2.32. The van der Waals surface area contributed by atoms with Gasteiger partial charge in [-0.3, -0.25) is 0 Å². The van der Waals surface area contributed by atoms with Gasteiger partial charge in [0.2, 0.25) is 0 Å². The zero-order valence-corrected chi connectivity index (χ0v) is 11.1. The zero-order chi connectivity index (χ0) is 14.6. The third-order valence-corrected chi connectivity index (χ3v) is 2.43. The van der Waals surface area contributed by atoms with E-state index in [0.717, 1.165) is 0 Å². The van der Waals surface area contributed by atoms with E-state index in [9.17, 15) is 4.79 Å². The van der Waals surface area contributed by atoms with Gasteiger partial charge >= 0.3 is 5.97 Å². The average molecular weight is 264 g/mol. The Kier molecular flexibility index (Phi) is 12.0. The Balaban J connectivity index is 0. The van der Waals surface area contributed by atoms with Crippen molar-refractivity contribution >= 4 is 5.97 Å². The summed E-state index contributed by atoms with van der Waals surface area (Å²) in [7, 11) is 0. The van der Waals surface area contributed by atoms with Crippen molar-refractivity contribution in [1.29, 1.82) is 0 Å². The Morgan fingerprint density at radius 3 is 1.78 bits per heavy atom. The number of carbonyl (C=O) groups is 1. The van der Waals surface area contributed by atoms with Gasteiger partial charge in [-0.2, -0.15) is 0 Å². The molecule has 6 heteroatoms. The molecule has 0 fully saturated rings. The first-order chi connectivity index (χ1) is 8.42. The second-order valence-corrected chi connectivity index (χ2v) is 3.97. The van der Waals surface area contributed by atoms with E-state index in [1.54, 1.807) is 6.92 Å². The number of rotatable bonds is 7. The molecule has 0 amide bonds. The molecule has 0 radical (unpaired) electrons. The largest absolute Gasteiger partial charge is 0.460 e. The molecule has 0 aromatic heterocycles. The normalized spacial score (nSPS) is 10.3. The van der Waals surface area contributed by atoms with Crippen LogP contribution in [0, 0.1) is 5.41 Å². The fourth-order valence-electron chi connectivity index (χ4n) is 0.747. The predicted octanol–water partition coefficient (Wildman–Crippen LogP) is -0.542. The fourth-order valence-corrected chi connectivity index (χ4v) is 0.747. The van der Waals surface area contributed by atoms with Gasteiger partial charge in [-0.15, -0.1) is 0 Å². The van der Waals surface area contributed by atoms with Gasteiger partial charge in [-0.25, -0.2) is 4.79 Å². The van der Waals surface area contributed by atoms with Crippen molar-refractivity contribution in [3.8, 4) is 0 Å². The van der Waals surface area contributed by atoms with E-state index in [4.69, 9.17) is 20.4 Å². The van der Waals surface area contributed by atoms with Gasteiger partial charge in [-0.1, -0.05) is 13.5 Å². The van der Waals surface area contributed by atoms with Crippen molar-refractivity contribution in [3.05, 3.63) is 12.2 Å². The predicted molar refractivity (Wildman–Crippen MR) is 66.8 cm³/mol. The minimum Gasteiger partial charge on any atom is -0.460 e. The van der Waals surface area contributed by atoms with Crippen molar-refractivity contribution in [1.82, 2.24) is 0 Å². The minimum absolute atomic E-state index is 0.0473. The Morgan fingerprint density at radius 1 is 1.17 bits per heavy atom. The van der Waals surface area contributed by atoms with Crippen LogP contribution in [0.25, 0.3) is 0 Å². The molecule has 18 heavy (non-hydrogen) atoms. The molecule has 0 aromatic carbocycles. The SMILES string of the molecule is C=C(C)C(=O)OCCO.CCC(CO)(CO)CO. The van der Waals surface area contributed by atoms with Crippen molar-refractivity contribution in [3.63, 3.8) is 0 Å². The summed E-state index contributed by atoms with van der Waals surface area (Å²) >= 11 is 0. The molecule has 0 heterocycles. The first kappa shape index (κ1) is 19.4. The number of hydrogen-bond donors (Lipinski definition) is 4. The van der Waals surface area contributed by atoms with Crippen molar-refractivity contribution in [2.24, 2.45) is 5.41 Å². The highest BCUT2D eigenvalue weighted by molar-refractivity contribution is 5.86. The summed E-state index contributed by atoms with van der Waals surface area (Å²) in [5.41, 5.74) is -0.316. The van der Waals surface area contributed by atoms with E-state index in [2.05, 4.69) is 11.3 Å². The number of esters is 1.